The number of halogens is 8. The second-order valence-electron chi connectivity index (χ2n) is 3.39. The molecule has 0 aliphatic heterocycles. The zero-order valence-corrected chi connectivity index (χ0v) is 8.70. The molecule has 0 spiro atoms. The lowest BCUT2D eigenvalue weighted by Crippen LogP contribution is -2.18. The minimum absolute atomic E-state index is 0.218. The minimum atomic E-state index is -5.46. The van der Waals surface area contributed by atoms with Gasteiger partial charge < -0.3 is 0 Å². The third-order valence-corrected chi connectivity index (χ3v) is 2.16. The molecule has 1 aromatic rings. The Morgan fingerprint density at radius 2 is 1.32 bits per heavy atom. The highest BCUT2D eigenvalue weighted by atomic mass is 19.4. The number of benzene rings is 1. The third kappa shape index (κ3) is 3.13. The van der Waals surface area contributed by atoms with Gasteiger partial charge in [0, 0.05) is 5.56 Å². The largest absolute Gasteiger partial charge is 0.417 e. The molecule has 1 aromatic carbocycles. The third-order valence-electron chi connectivity index (χ3n) is 2.16. The van der Waals surface area contributed by atoms with Gasteiger partial charge >= 0.3 is 12.4 Å². The first kappa shape index (κ1) is 15.2. The van der Waals surface area contributed by atoms with Crippen LogP contribution in [0.4, 0.5) is 35.1 Å². The highest BCUT2D eigenvalue weighted by molar-refractivity contribution is 5.47. The van der Waals surface area contributed by atoms with Crippen LogP contribution in [-0.4, -0.2) is 0 Å². The maximum atomic E-state index is 12.4. The predicted molar refractivity (Wildman–Crippen MR) is 46.1 cm³/mol. The summed E-state index contributed by atoms with van der Waals surface area (Å²) < 4.78 is 99.4. The summed E-state index contributed by atoms with van der Waals surface area (Å²) in [4.78, 5) is 0. The molecule has 19 heavy (non-hydrogen) atoms. The summed E-state index contributed by atoms with van der Waals surface area (Å²) >= 11 is 0. The van der Waals surface area contributed by atoms with Gasteiger partial charge in [-0.1, -0.05) is 0 Å². The van der Waals surface area contributed by atoms with Gasteiger partial charge in [-0.15, -0.1) is 0 Å². The number of alkyl halides is 8. The highest BCUT2D eigenvalue weighted by Crippen LogP contribution is 2.42. The Bertz CT molecular complexity index is 520. The van der Waals surface area contributed by atoms with Gasteiger partial charge in [-0.05, 0) is 12.1 Å². The number of rotatable bonds is 1. The van der Waals surface area contributed by atoms with Gasteiger partial charge in [0.2, 0.25) is 0 Å². The first-order chi connectivity index (χ1) is 8.48. The van der Waals surface area contributed by atoms with Crippen molar-refractivity contribution in [1.82, 2.24) is 0 Å². The summed E-state index contributed by atoms with van der Waals surface area (Å²) in [6.45, 7) is 0. The first-order valence-electron chi connectivity index (χ1n) is 4.49. The zero-order chi connectivity index (χ0) is 15.0. The number of hydrogen-bond donors (Lipinski definition) is 0. The zero-order valence-electron chi connectivity index (χ0n) is 8.70. The smallest absolute Gasteiger partial charge is 0.205 e. The monoisotopic (exact) mass is 289 g/mol. The molecule has 1 rings (SSSR count). The van der Waals surface area contributed by atoms with Crippen molar-refractivity contribution in [1.29, 1.82) is 5.26 Å². The quantitative estimate of drug-likeness (QED) is 0.697. The van der Waals surface area contributed by atoms with Crippen molar-refractivity contribution in [3.05, 3.63) is 34.4 Å². The minimum Gasteiger partial charge on any atom is -0.205 e. The SMILES string of the molecule is N#Cc1cc(C(F)(F)F)c(C(F)(F)F)cc1C(F)F. The van der Waals surface area contributed by atoms with E-state index in [9.17, 15) is 35.1 Å². The molecule has 0 bridgehead atoms. The summed E-state index contributed by atoms with van der Waals surface area (Å²) in [5.41, 5.74) is -6.94. The Kier molecular flexibility index (Phi) is 3.74. The fourth-order valence-corrected chi connectivity index (χ4v) is 1.36. The summed E-state index contributed by atoms with van der Waals surface area (Å²) in [6.07, 6.45) is -14.3. The van der Waals surface area contributed by atoms with E-state index in [1.165, 1.54) is 0 Å². The average molecular weight is 289 g/mol. The number of hydrogen-bond acceptors (Lipinski definition) is 1. The molecule has 0 radical (unpaired) electrons. The van der Waals surface area contributed by atoms with Crippen LogP contribution in [-0.2, 0) is 12.4 Å². The molecule has 0 amide bonds. The molecular formula is C10H3F8N. The van der Waals surface area contributed by atoms with Crippen molar-refractivity contribution in [2.75, 3.05) is 0 Å². The molecule has 0 saturated heterocycles. The molecule has 0 aliphatic rings. The van der Waals surface area contributed by atoms with E-state index < -0.39 is 41.0 Å². The van der Waals surface area contributed by atoms with Crippen molar-refractivity contribution >= 4 is 0 Å². The molecular weight excluding hydrogens is 286 g/mol. The van der Waals surface area contributed by atoms with Crippen LogP contribution in [0.5, 0.6) is 0 Å². The molecule has 0 heterocycles. The van der Waals surface area contributed by atoms with E-state index in [1.807, 2.05) is 0 Å². The van der Waals surface area contributed by atoms with Gasteiger partial charge in [0.05, 0.1) is 22.8 Å². The van der Waals surface area contributed by atoms with Crippen molar-refractivity contribution < 1.29 is 35.1 Å². The second-order valence-corrected chi connectivity index (χ2v) is 3.39. The predicted octanol–water partition coefficient (Wildman–Crippen LogP) is 4.53. The van der Waals surface area contributed by atoms with Crippen LogP contribution in [0, 0.1) is 11.3 Å². The van der Waals surface area contributed by atoms with E-state index in [0.717, 1.165) is 6.07 Å². The van der Waals surface area contributed by atoms with Crippen molar-refractivity contribution in [2.45, 2.75) is 18.8 Å². The van der Waals surface area contributed by atoms with Crippen LogP contribution >= 0.6 is 0 Å². The molecule has 0 aromatic heterocycles. The first-order valence-corrected chi connectivity index (χ1v) is 4.49. The van der Waals surface area contributed by atoms with E-state index in [0.29, 0.717) is 0 Å². The molecule has 9 heteroatoms. The van der Waals surface area contributed by atoms with Crippen LogP contribution in [0.2, 0.25) is 0 Å². The summed E-state index contributed by atoms with van der Waals surface area (Å²) in [5.74, 6) is 0. The van der Waals surface area contributed by atoms with E-state index in [-0.39, 0.29) is 12.1 Å². The van der Waals surface area contributed by atoms with Crippen LogP contribution in [0.15, 0.2) is 12.1 Å². The van der Waals surface area contributed by atoms with Crippen molar-refractivity contribution in [3.8, 4) is 6.07 Å². The number of nitriles is 1. The van der Waals surface area contributed by atoms with Crippen molar-refractivity contribution in [3.63, 3.8) is 0 Å². The molecule has 0 atom stereocenters. The summed E-state index contributed by atoms with van der Waals surface area (Å²) in [5, 5.41) is 8.42. The fraction of sp³-hybridized carbons (Fsp3) is 0.300. The maximum absolute atomic E-state index is 12.4. The standard InChI is InChI=1S/C10H3F8N/c11-8(12)5-2-7(10(16,17)18)6(9(13,14)15)1-4(5)3-19/h1-2,8H. The van der Waals surface area contributed by atoms with E-state index in [4.69, 9.17) is 5.26 Å². The Hall–Kier alpha value is -1.85. The Morgan fingerprint density at radius 3 is 1.63 bits per heavy atom. The highest BCUT2D eigenvalue weighted by Gasteiger charge is 2.44. The number of nitrogens with zero attached hydrogens (tertiary/aromatic N) is 1. The Morgan fingerprint density at radius 1 is 0.895 bits per heavy atom. The lowest BCUT2D eigenvalue weighted by molar-refractivity contribution is -0.162. The lowest BCUT2D eigenvalue weighted by atomic mass is 9.98. The van der Waals surface area contributed by atoms with Gasteiger partial charge in [-0.3, -0.25) is 0 Å². The molecule has 0 N–H and O–H groups in total. The normalized spacial score (nSPS) is 12.6. The Balaban J connectivity index is 3.70. The molecule has 104 valence electrons. The lowest BCUT2D eigenvalue weighted by Gasteiger charge is -2.17. The molecule has 0 aliphatic carbocycles. The summed E-state index contributed by atoms with van der Waals surface area (Å²) in [7, 11) is 0. The van der Waals surface area contributed by atoms with Gasteiger partial charge in [-0.2, -0.15) is 31.6 Å². The van der Waals surface area contributed by atoms with Gasteiger partial charge in [0.25, 0.3) is 6.43 Å². The van der Waals surface area contributed by atoms with Gasteiger partial charge in [-0.25, -0.2) is 8.78 Å². The van der Waals surface area contributed by atoms with Gasteiger partial charge in [0.15, 0.2) is 0 Å². The fourth-order valence-electron chi connectivity index (χ4n) is 1.36. The van der Waals surface area contributed by atoms with Gasteiger partial charge in [0.1, 0.15) is 0 Å². The van der Waals surface area contributed by atoms with Crippen LogP contribution < -0.4 is 0 Å². The molecule has 0 saturated carbocycles. The molecule has 0 unspecified atom stereocenters. The molecule has 1 nitrogen and oxygen atoms in total. The Labute approximate surface area is 101 Å². The van der Waals surface area contributed by atoms with E-state index >= 15 is 0 Å². The van der Waals surface area contributed by atoms with Crippen LogP contribution in [0.3, 0.4) is 0 Å². The van der Waals surface area contributed by atoms with Crippen LogP contribution in [0.1, 0.15) is 28.7 Å². The van der Waals surface area contributed by atoms with E-state index in [1.54, 1.807) is 0 Å². The van der Waals surface area contributed by atoms with E-state index in [2.05, 4.69) is 0 Å². The second kappa shape index (κ2) is 4.68. The maximum Gasteiger partial charge on any atom is 0.417 e. The molecule has 0 fully saturated rings. The van der Waals surface area contributed by atoms with Crippen LogP contribution in [0.25, 0.3) is 0 Å². The summed E-state index contributed by atoms with van der Waals surface area (Å²) in [6, 6.07) is 0.462. The average Bonchev–Trinajstić information content (AvgIpc) is 2.24. The van der Waals surface area contributed by atoms with Crippen molar-refractivity contribution in [2.24, 2.45) is 0 Å². The topological polar surface area (TPSA) is 23.8 Å².